The van der Waals surface area contributed by atoms with E-state index in [0.29, 0.717) is 28.7 Å². The lowest BCUT2D eigenvalue weighted by Crippen LogP contribution is -2.43. The predicted octanol–water partition coefficient (Wildman–Crippen LogP) is 4.52. The van der Waals surface area contributed by atoms with Gasteiger partial charge in [-0.05, 0) is 44.0 Å². The molecule has 1 aliphatic heterocycles. The Bertz CT molecular complexity index is 1470. The molecule has 1 aromatic carbocycles. The monoisotopic (exact) mass is 532 g/mol. The van der Waals surface area contributed by atoms with Crippen LogP contribution in [0, 0.1) is 5.82 Å². The number of methoxy groups -OCH3 is 1. The van der Waals surface area contributed by atoms with Crippen molar-refractivity contribution in [1.82, 2.24) is 24.5 Å². The molecule has 0 spiro atoms. The summed E-state index contributed by atoms with van der Waals surface area (Å²) in [6.45, 7) is 4.18. The number of halogens is 4. The molecule has 0 saturated carbocycles. The average Bonchev–Trinajstić information content (AvgIpc) is 3.40. The molecule has 1 saturated heterocycles. The minimum atomic E-state index is -4.52. The van der Waals surface area contributed by atoms with Crippen LogP contribution >= 0.6 is 0 Å². The zero-order valence-corrected chi connectivity index (χ0v) is 21.2. The van der Waals surface area contributed by atoms with Gasteiger partial charge in [0.15, 0.2) is 11.5 Å². The van der Waals surface area contributed by atoms with Crippen LogP contribution in [0.3, 0.4) is 0 Å². The summed E-state index contributed by atoms with van der Waals surface area (Å²) in [5, 5.41) is 8.81. The SMILES string of the molecule is COC[C@@H](C)Oc1cc(F)cc2ccc(-c3nnc4ccc([C@H](N5CC[C@](C)(N)C5)C(F)(F)F)cn34)nc12. The number of aromatic nitrogens is 4. The number of ether oxygens (including phenoxy) is 2. The summed E-state index contributed by atoms with van der Waals surface area (Å²) in [5.41, 5.74) is 6.58. The Morgan fingerprint density at radius 1 is 1.16 bits per heavy atom. The molecule has 202 valence electrons. The maximum atomic E-state index is 14.3. The van der Waals surface area contributed by atoms with Gasteiger partial charge in [-0.1, -0.05) is 12.1 Å². The van der Waals surface area contributed by atoms with Gasteiger partial charge < -0.3 is 15.2 Å². The van der Waals surface area contributed by atoms with E-state index in [-0.39, 0.29) is 42.9 Å². The predicted molar refractivity (Wildman–Crippen MR) is 133 cm³/mol. The van der Waals surface area contributed by atoms with Crippen LogP contribution in [0.25, 0.3) is 28.1 Å². The standard InChI is InChI=1S/C26H28F4N6O2/c1-15(13-37-3)38-20-11-18(27)10-16-4-6-19(32-22(16)20)24-34-33-21-7-5-17(12-36(21)24)23(26(28,29)30)35-9-8-25(2,31)14-35/h4-7,10-12,15,23H,8-9,13-14,31H2,1-3H3/t15-,23+,25+/m1/s1. The molecule has 1 fully saturated rings. The molecule has 3 aromatic heterocycles. The second-order valence-electron chi connectivity index (χ2n) is 10.1. The van der Waals surface area contributed by atoms with E-state index in [1.807, 2.05) is 0 Å². The molecule has 4 aromatic rings. The Hall–Kier alpha value is -3.35. The molecule has 5 rings (SSSR count). The summed E-state index contributed by atoms with van der Waals surface area (Å²) in [4.78, 5) is 6.00. The Morgan fingerprint density at radius 2 is 1.95 bits per heavy atom. The molecule has 3 atom stereocenters. The maximum Gasteiger partial charge on any atom is 0.408 e. The van der Waals surface area contributed by atoms with Crippen molar-refractivity contribution in [3.63, 3.8) is 0 Å². The molecule has 0 amide bonds. The van der Waals surface area contributed by atoms with Gasteiger partial charge >= 0.3 is 6.18 Å². The quantitative estimate of drug-likeness (QED) is 0.350. The Labute approximate surface area is 216 Å². The van der Waals surface area contributed by atoms with E-state index in [2.05, 4.69) is 15.2 Å². The number of hydrogen-bond donors (Lipinski definition) is 1. The van der Waals surface area contributed by atoms with Crippen LogP contribution in [-0.4, -0.2) is 69.1 Å². The number of nitrogens with zero attached hydrogens (tertiary/aromatic N) is 5. The normalized spacial score (nSPS) is 20.3. The summed E-state index contributed by atoms with van der Waals surface area (Å²) < 4.78 is 69.5. The van der Waals surface area contributed by atoms with Crippen molar-refractivity contribution < 1.29 is 27.0 Å². The molecule has 2 N–H and O–H groups in total. The molecule has 0 bridgehead atoms. The van der Waals surface area contributed by atoms with Gasteiger partial charge in [0.05, 0.1) is 6.61 Å². The van der Waals surface area contributed by atoms with Crippen molar-refractivity contribution in [2.75, 3.05) is 26.8 Å². The fourth-order valence-corrected chi connectivity index (χ4v) is 4.96. The molecule has 8 nitrogen and oxygen atoms in total. The van der Waals surface area contributed by atoms with E-state index in [0.717, 1.165) is 0 Å². The Morgan fingerprint density at radius 3 is 2.63 bits per heavy atom. The molecule has 0 aliphatic carbocycles. The minimum absolute atomic E-state index is 0.0454. The first-order valence-electron chi connectivity index (χ1n) is 12.2. The van der Waals surface area contributed by atoms with Crippen LogP contribution in [0.2, 0.25) is 0 Å². The summed E-state index contributed by atoms with van der Waals surface area (Å²) in [5.74, 6) is -0.0233. The number of pyridine rings is 2. The summed E-state index contributed by atoms with van der Waals surface area (Å²) in [6, 6.07) is 6.93. The van der Waals surface area contributed by atoms with Gasteiger partial charge in [0.2, 0.25) is 0 Å². The smallest absolute Gasteiger partial charge is 0.408 e. The second kappa shape index (κ2) is 9.75. The van der Waals surface area contributed by atoms with E-state index in [1.165, 1.54) is 46.9 Å². The number of fused-ring (bicyclic) bond motifs is 2. The Kier molecular flexibility index (Phi) is 6.74. The van der Waals surface area contributed by atoms with Crippen molar-refractivity contribution in [1.29, 1.82) is 0 Å². The summed E-state index contributed by atoms with van der Waals surface area (Å²) >= 11 is 0. The van der Waals surface area contributed by atoms with Crippen molar-refractivity contribution in [3.8, 4) is 17.3 Å². The Balaban J connectivity index is 1.58. The van der Waals surface area contributed by atoms with E-state index in [1.54, 1.807) is 26.0 Å². The van der Waals surface area contributed by atoms with Crippen LogP contribution in [0.5, 0.6) is 5.75 Å². The van der Waals surface area contributed by atoms with E-state index < -0.39 is 23.6 Å². The highest BCUT2D eigenvalue weighted by Crippen LogP contribution is 2.41. The molecule has 4 heterocycles. The third-order valence-corrected chi connectivity index (χ3v) is 6.63. The number of hydrogen-bond acceptors (Lipinski definition) is 7. The molecule has 38 heavy (non-hydrogen) atoms. The van der Waals surface area contributed by atoms with E-state index >= 15 is 0 Å². The van der Waals surface area contributed by atoms with Gasteiger partial charge in [0.25, 0.3) is 0 Å². The number of alkyl halides is 3. The number of likely N-dealkylation sites (tertiary alicyclic amines) is 1. The first-order valence-corrected chi connectivity index (χ1v) is 12.2. The summed E-state index contributed by atoms with van der Waals surface area (Å²) in [6.07, 6.45) is -3.02. The van der Waals surface area contributed by atoms with Crippen molar-refractivity contribution in [2.45, 2.75) is 44.1 Å². The zero-order chi connectivity index (χ0) is 27.2. The van der Waals surface area contributed by atoms with Crippen LogP contribution in [0.15, 0.2) is 42.6 Å². The molecule has 12 heteroatoms. The lowest BCUT2D eigenvalue weighted by atomic mass is 10.0. The van der Waals surface area contributed by atoms with E-state index in [9.17, 15) is 17.6 Å². The first kappa shape index (κ1) is 26.3. The van der Waals surface area contributed by atoms with Crippen molar-refractivity contribution >= 4 is 16.6 Å². The third-order valence-electron chi connectivity index (χ3n) is 6.63. The van der Waals surface area contributed by atoms with Gasteiger partial charge in [0, 0.05) is 43.4 Å². The van der Waals surface area contributed by atoms with Crippen LogP contribution < -0.4 is 10.5 Å². The van der Waals surface area contributed by atoms with Crippen LogP contribution in [0.1, 0.15) is 31.9 Å². The maximum absolute atomic E-state index is 14.3. The number of rotatable bonds is 7. The lowest BCUT2D eigenvalue weighted by molar-refractivity contribution is -0.184. The molecular formula is C26H28F4N6O2. The molecule has 0 radical (unpaired) electrons. The van der Waals surface area contributed by atoms with Gasteiger partial charge in [0.1, 0.15) is 34.9 Å². The van der Waals surface area contributed by atoms with Crippen molar-refractivity contribution in [2.24, 2.45) is 5.73 Å². The summed E-state index contributed by atoms with van der Waals surface area (Å²) in [7, 11) is 1.53. The fraction of sp³-hybridized carbons (Fsp3) is 0.423. The number of benzene rings is 1. The van der Waals surface area contributed by atoms with Gasteiger partial charge in [-0.15, -0.1) is 10.2 Å². The number of nitrogens with two attached hydrogens (primary N) is 1. The second-order valence-corrected chi connectivity index (χ2v) is 10.1. The molecule has 0 unspecified atom stereocenters. The van der Waals surface area contributed by atoms with Gasteiger partial charge in [-0.2, -0.15) is 13.2 Å². The van der Waals surface area contributed by atoms with Crippen molar-refractivity contribution in [3.05, 3.63) is 54.0 Å². The topological polar surface area (TPSA) is 90.8 Å². The largest absolute Gasteiger partial charge is 0.486 e. The van der Waals surface area contributed by atoms with Gasteiger partial charge in [-0.25, -0.2) is 9.37 Å². The van der Waals surface area contributed by atoms with E-state index in [4.69, 9.17) is 15.2 Å². The highest BCUT2D eigenvalue weighted by molar-refractivity contribution is 5.86. The lowest BCUT2D eigenvalue weighted by Gasteiger charge is -2.31. The zero-order valence-electron chi connectivity index (χ0n) is 21.2. The average molecular weight is 533 g/mol. The third kappa shape index (κ3) is 5.16. The fourth-order valence-electron chi connectivity index (χ4n) is 4.96. The van der Waals surface area contributed by atoms with Crippen LogP contribution in [-0.2, 0) is 4.74 Å². The highest BCUT2D eigenvalue weighted by atomic mass is 19.4. The minimum Gasteiger partial charge on any atom is -0.486 e. The first-order chi connectivity index (χ1) is 17.9. The molecular weight excluding hydrogens is 504 g/mol. The van der Waals surface area contributed by atoms with Gasteiger partial charge in [-0.3, -0.25) is 9.30 Å². The van der Waals surface area contributed by atoms with Crippen LogP contribution in [0.4, 0.5) is 17.6 Å². The highest BCUT2D eigenvalue weighted by Gasteiger charge is 2.48. The molecule has 1 aliphatic rings.